The van der Waals surface area contributed by atoms with Gasteiger partial charge in [-0.1, -0.05) is 35.9 Å². The van der Waals surface area contributed by atoms with Gasteiger partial charge in [-0.25, -0.2) is 13.2 Å². The smallest absolute Gasteiger partial charge is 0.288 e. The zero-order valence-electron chi connectivity index (χ0n) is 14.2. The molecule has 6 heteroatoms. The van der Waals surface area contributed by atoms with Crippen LogP contribution in [0.5, 0.6) is 0 Å². The number of benzene rings is 2. The van der Waals surface area contributed by atoms with Crippen LogP contribution in [0.25, 0.3) is 0 Å². The lowest BCUT2D eigenvalue weighted by Gasteiger charge is -2.24. The molecule has 4 rings (SSSR count). The number of sulfone groups is 1. The first kappa shape index (κ1) is 16.1. The molecule has 2 amide bonds. The topological polar surface area (TPSA) is 57.7 Å². The van der Waals surface area contributed by atoms with Crippen LogP contribution in [0.3, 0.4) is 0 Å². The van der Waals surface area contributed by atoms with E-state index in [1.165, 1.54) is 0 Å². The Labute approximate surface area is 147 Å². The van der Waals surface area contributed by atoms with Crippen molar-refractivity contribution in [3.05, 3.63) is 59.7 Å². The molecule has 2 fully saturated rings. The molecule has 0 N–H and O–H groups in total. The Kier molecular flexibility index (Phi) is 3.61. The number of anilines is 2. The number of carbonyl (C=O) groups is 1. The molecule has 25 heavy (non-hydrogen) atoms. The largest absolute Gasteiger partial charge is 0.329 e. The molecule has 0 aliphatic carbocycles. The number of urea groups is 1. The number of fused-ring (bicyclic) bond motifs is 1. The van der Waals surface area contributed by atoms with Crippen molar-refractivity contribution < 1.29 is 13.2 Å². The molecule has 2 aromatic rings. The molecular formula is C19H20N2O3S. The summed E-state index contributed by atoms with van der Waals surface area (Å²) in [6.45, 7) is 3.92. The van der Waals surface area contributed by atoms with Gasteiger partial charge >= 0.3 is 6.03 Å². The minimum Gasteiger partial charge on any atom is -0.288 e. The lowest BCUT2D eigenvalue weighted by Crippen LogP contribution is -2.38. The van der Waals surface area contributed by atoms with E-state index in [1.807, 2.05) is 62.4 Å². The number of aryl methyl sites for hydroxylation is 2. The van der Waals surface area contributed by atoms with Crippen LogP contribution in [0.2, 0.25) is 0 Å². The van der Waals surface area contributed by atoms with Gasteiger partial charge in [-0.2, -0.15) is 0 Å². The highest BCUT2D eigenvalue weighted by molar-refractivity contribution is 7.91. The maximum absolute atomic E-state index is 13.2. The third kappa shape index (κ3) is 2.61. The Bertz CT molecular complexity index is 937. The zero-order valence-corrected chi connectivity index (χ0v) is 15.0. The maximum atomic E-state index is 13.2. The van der Waals surface area contributed by atoms with Crippen molar-refractivity contribution in [3.63, 3.8) is 0 Å². The number of carbonyl (C=O) groups excluding carboxylic acids is 1. The van der Waals surface area contributed by atoms with Crippen LogP contribution < -0.4 is 9.80 Å². The molecule has 0 unspecified atom stereocenters. The van der Waals surface area contributed by atoms with Crippen LogP contribution in [0.1, 0.15) is 11.1 Å². The minimum atomic E-state index is -3.17. The first-order chi connectivity index (χ1) is 11.9. The summed E-state index contributed by atoms with van der Waals surface area (Å²) in [5.41, 5.74) is 3.60. The number of rotatable bonds is 2. The summed E-state index contributed by atoms with van der Waals surface area (Å²) in [4.78, 5) is 16.6. The van der Waals surface area contributed by atoms with Crippen LogP contribution in [0.15, 0.2) is 48.5 Å². The van der Waals surface area contributed by atoms with Gasteiger partial charge in [-0.05, 0) is 37.6 Å². The van der Waals surface area contributed by atoms with Crippen molar-refractivity contribution in [2.75, 3.05) is 21.3 Å². The molecule has 0 spiro atoms. The van der Waals surface area contributed by atoms with Crippen LogP contribution in [0, 0.1) is 13.8 Å². The highest BCUT2D eigenvalue weighted by atomic mass is 32.2. The number of amides is 2. The van der Waals surface area contributed by atoms with E-state index in [1.54, 1.807) is 9.80 Å². The number of nitrogens with zero attached hydrogens (tertiary/aromatic N) is 2. The van der Waals surface area contributed by atoms with Crippen LogP contribution in [-0.2, 0) is 9.84 Å². The molecule has 0 radical (unpaired) electrons. The minimum absolute atomic E-state index is 0.0136. The summed E-state index contributed by atoms with van der Waals surface area (Å²) in [5.74, 6) is 0.0275. The van der Waals surface area contributed by atoms with E-state index in [-0.39, 0.29) is 29.6 Å². The molecule has 2 saturated heterocycles. The molecule has 0 aromatic heterocycles. The average molecular weight is 356 g/mol. The Hall–Kier alpha value is -2.34. The molecule has 2 aliphatic heterocycles. The molecule has 0 bridgehead atoms. The number of hydrogen-bond acceptors (Lipinski definition) is 3. The van der Waals surface area contributed by atoms with E-state index >= 15 is 0 Å². The molecule has 2 aromatic carbocycles. The second kappa shape index (κ2) is 5.59. The van der Waals surface area contributed by atoms with E-state index < -0.39 is 9.84 Å². The average Bonchev–Trinajstić information content (AvgIpc) is 2.99. The third-order valence-corrected chi connectivity index (χ3v) is 6.75. The monoisotopic (exact) mass is 356 g/mol. The molecule has 5 nitrogen and oxygen atoms in total. The maximum Gasteiger partial charge on any atom is 0.329 e. The predicted octanol–water partition coefficient (Wildman–Crippen LogP) is 2.92. The third-order valence-electron chi connectivity index (χ3n) is 5.06. The zero-order chi connectivity index (χ0) is 17.8. The van der Waals surface area contributed by atoms with Crippen molar-refractivity contribution in [1.82, 2.24) is 0 Å². The summed E-state index contributed by atoms with van der Waals surface area (Å²) in [5, 5.41) is 0. The van der Waals surface area contributed by atoms with Crippen LogP contribution in [-0.4, -0.2) is 38.0 Å². The van der Waals surface area contributed by atoms with Gasteiger partial charge in [0.2, 0.25) is 0 Å². The van der Waals surface area contributed by atoms with Crippen molar-refractivity contribution in [2.24, 2.45) is 0 Å². The Morgan fingerprint density at radius 1 is 0.880 bits per heavy atom. The van der Waals surface area contributed by atoms with Gasteiger partial charge in [0.25, 0.3) is 0 Å². The summed E-state index contributed by atoms with van der Waals surface area (Å²) < 4.78 is 24.6. The van der Waals surface area contributed by atoms with Crippen molar-refractivity contribution in [1.29, 1.82) is 0 Å². The highest BCUT2D eigenvalue weighted by Gasteiger charge is 2.54. The van der Waals surface area contributed by atoms with Crippen molar-refractivity contribution in [2.45, 2.75) is 25.9 Å². The fourth-order valence-corrected chi connectivity index (χ4v) is 5.75. The van der Waals surface area contributed by atoms with Gasteiger partial charge in [0.05, 0.1) is 23.6 Å². The molecule has 2 atom stereocenters. The number of hydrogen-bond donors (Lipinski definition) is 0. The molecular weight excluding hydrogens is 336 g/mol. The van der Waals surface area contributed by atoms with E-state index in [0.29, 0.717) is 0 Å². The normalized spacial score (nSPS) is 24.6. The van der Waals surface area contributed by atoms with Crippen LogP contribution >= 0.6 is 0 Å². The quantitative estimate of drug-likeness (QED) is 0.778. The predicted molar refractivity (Wildman–Crippen MR) is 98.9 cm³/mol. The molecule has 130 valence electrons. The standard InChI is InChI=1S/C19H20N2O3S/c1-13-7-9-15(10-8-13)20-17-11-25(23,24)12-18(17)21(19(20)22)16-6-4-3-5-14(16)2/h3-10,17-18H,11-12H2,1-2H3/t17-,18-/m1/s1. The lowest BCUT2D eigenvalue weighted by atomic mass is 10.1. The Morgan fingerprint density at radius 3 is 2.12 bits per heavy atom. The second-order valence-electron chi connectivity index (χ2n) is 6.86. The van der Waals surface area contributed by atoms with E-state index in [4.69, 9.17) is 0 Å². The first-order valence-corrected chi connectivity index (χ1v) is 10.1. The lowest BCUT2D eigenvalue weighted by molar-refractivity contribution is 0.255. The van der Waals surface area contributed by atoms with Gasteiger partial charge < -0.3 is 0 Å². The fraction of sp³-hybridized carbons (Fsp3) is 0.316. The van der Waals surface area contributed by atoms with Crippen molar-refractivity contribution >= 4 is 27.2 Å². The fourth-order valence-electron chi connectivity index (χ4n) is 3.83. The van der Waals surface area contributed by atoms with Gasteiger partial charge in [0, 0.05) is 11.4 Å². The first-order valence-electron chi connectivity index (χ1n) is 8.32. The van der Waals surface area contributed by atoms with E-state index in [9.17, 15) is 13.2 Å². The summed E-state index contributed by atoms with van der Waals surface area (Å²) in [6, 6.07) is 14.4. The molecule has 2 aliphatic rings. The van der Waals surface area contributed by atoms with Crippen molar-refractivity contribution in [3.8, 4) is 0 Å². The summed E-state index contributed by atoms with van der Waals surface area (Å²) >= 11 is 0. The SMILES string of the molecule is Cc1ccc(N2C(=O)N(c3ccccc3C)[C@@H]3CS(=O)(=O)C[C@H]32)cc1. The van der Waals surface area contributed by atoms with Crippen LogP contribution in [0.4, 0.5) is 16.2 Å². The van der Waals surface area contributed by atoms with Gasteiger partial charge in [0.1, 0.15) is 0 Å². The van der Waals surface area contributed by atoms with E-state index in [0.717, 1.165) is 22.5 Å². The Morgan fingerprint density at radius 2 is 1.48 bits per heavy atom. The Balaban J connectivity index is 1.83. The highest BCUT2D eigenvalue weighted by Crippen LogP contribution is 2.38. The van der Waals surface area contributed by atoms with E-state index in [2.05, 4.69) is 0 Å². The van der Waals surface area contributed by atoms with Gasteiger partial charge in [-0.15, -0.1) is 0 Å². The molecule has 0 saturated carbocycles. The van der Waals surface area contributed by atoms with Gasteiger partial charge in [0.15, 0.2) is 9.84 Å². The summed E-state index contributed by atoms with van der Waals surface area (Å²) in [6.07, 6.45) is 0. The summed E-state index contributed by atoms with van der Waals surface area (Å²) in [7, 11) is -3.17. The van der Waals surface area contributed by atoms with Gasteiger partial charge in [-0.3, -0.25) is 9.80 Å². The second-order valence-corrected chi connectivity index (χ2v) is 9.01. The molecule has 2 heterocycles. The number of para-hydroxylation sites is 1.